The Morgan fingerprint density at radius 1 is 1.30 bits per heavy atom. The highest BCUT2D eigenvalue weighted by Crippen LogP contribution is 2.27. The van der Waals surface area contributed by atoms with Crippen molar-refractivity contribution in [2.75, 3.05) is 13.6 Å². The molecule has 0 saturated heterocycles. The molecule has 20 heavy (non-hydrogen) atoms. The number of sulfonamides is 1. The fourth-order valence-electron chi connectivity index (χ4n) is 2.68. The van der Waals surface area contributed by atoms with Crippen LogP contribution in [0.5, 0.6) is 0 Å². The van der Waals surface area contributed by atoms with E-state index in [1.54, 1.807) is 6.07 Å². The van der Waals surface area contributed by atoms with Gasteiger partial charge in [-0.3, -0.25) is 0 Å². The summed E-state index contributed by atoms with van der Waals surface area (Å²) in [5.41, 5.74) is 0. The molecule has 2 rings (SSSR count). The molecule has 1 saturated carbocycles. The lowest BCUT2D eigenvalue weighted by Crippen LogP contribution is -2.33. The Balaban J connectivity index is 2.16. The Morgan fingerprint density at radius 3 is 2.55 bits per heavy atom. The minimum Gasteiger partial charge on any atom is -0.207 e. The van der Waals surface area contributed by atoms with Gasteiger partial charge in [0.1, 0.15) is 10.7 Å². The van der Waals surface area contributed by atoms with Crippen LogP contribution in [0.2, 0.25) is 0 Å². The summed E-state index contributed by atoms with van der Waals surface area (Å²) in [5, 5.41) is 0. The molecule has 0 spiro atoms. The molecule has 112 valence electrons. The van der Waals surface area contributed by atoms with Gasteiger partial charge in [-0.2, -0.15) is 0 Å². The first-order valence-electron chi connectivity index (χ1n) is 6.82. The van der Waals surface area contributed by atoms with E-state index < -0.39 is 15.8 Å². The van der Waals surface area contributed by atoms with E-state index in [9.17, 15) is 12.8 Å². The second kappa shape index (κ2) is 6.54. The second-order valence-corrected chi connectivity index (χ2v) is 8.29. The highest BCUT2D eigenvalue weighted by Gasteiger charge is 2.27. The first-order valence-corrected chi connectivity index (χ1v) is 9.06. The number of nitrogens with zero attached hydrogens (tertiary/aromatic N) is 1. The van der Waals surface area contributed by atoms with Crippen molar-refractivity contribution in [3.8, 4) is 0 Å². The van der Waals surface area contributed by atoms with Gasteiger partial charge in [0.2, 0.25) is 10.0 Å². The molecular weight excluding hydrogens is 345 g/mol. The van der Waals surface area contributed by atoms with Gasteiger partial charge < -0.3 is 0 Å². The Morgan fingerprint density at radius 2 is 1.95 bits per heavy atom. The molecule has 0 aromatic heterocycles. The Hall–Kier alpha value is -0.460. The summed E-state index contributed by atoms with van der Waals surface area (Å²) in [6.45, 7) is 0.470. The summed E-state index contributed by atoms with van der Waals surface area (Å²) in [5.74, 6) is -0.322. The molecule has 1 aliphatic rings. The monoisotopic (exact) mass is 363 g/mol. The topological polar surface area (TPSA) is 37.4 Å². The van der Waals surface area contributed by atoms with E-state index in [-0.39, 0.29) is 4.90 Å². The third-order valence-electron chi connectivity index (χ3n) is 3.82. The molecule has 0 bridgehead atoms. The molecule has 1 aromatic carbocycles. The number of hydrogen-bond acceptors (Lipinski definition) is 2. The van der Waals surface area contributed by atoms with E-state index in [1.807, 2.05) is 0 Å². The van der Waals surface area contributed by atoms with Gasteiger partial charge in [0, 0.05) is 18.1 Å². The molecular formula is C14H19BrFNO2S. The maximum atomic E-state index is 13.8. The van der Waals surface area contributed by atoms with Gasteiger partial charge in [0.25, 0.3) is 0 Å². The minimum absolute atomic E-state index is 0.251. The lowest BCUT2D eigenvalue weighted by atomic mass is 9.89. The molecule has 1 aromatic rings. The van der Waals surface area contributed by atoms with Crippen LogP contribution in [0.3, 0.4) is 0 Å². The Kier molecular flexibility index (Phi) is 5.20. The van der Waals surface area contributed by atoms with Gasteiger partial charge in [-0.05, 0) is 37.0 Å². The van der Waals surface area contributed by atoms with Crippen LogP contribution in [0.25, 0.3) is 0 Å². The van der Waals surface area contributed by atoms with Crippen molar-refractivity contribution < 1.29 is 12.8 Å². The van der Waals surface area contributed by atoms with Crippen molar-refractivity contribution in [3.63, 3.8) is 0 Å². The highest BCUT2D eigenvalue weighted by molar-refractivity contribution is 9.10. The van der Waals surface area contributed by atoms with E-state index in [0.29, 0.717) is 16.9 Å². The summed E-state index contributed by atoms with van der Waals surface area (Å²) in [6.07, 6.45) is 5.66. The van der Waals surface area contributed by atoms with Crippen LogP contribution in [0.1, 0.15) is 32.1 Å². The van der Waals surface area contributed by atoms with Crippen LogP contribution in [-0.2, 0) is 10.0 Å². The molecule has 0 radical (unpaired) electrons. The molecule has 0 aliphatic heterocycles. The van der Waals surface area contributed by atoms with E-state index in [4.69, 9.17) is 0 Å². The average Bonchev–Trinajstić information content (AvgIpc) is 2.39. The van der Waals surface area contributed by atoms with Crippen molar-refractivity contribution in [2.24, 2.45) is 5.92 Å². The predicted molar refractivity (Wildman–Crippen MR) is 80.5 cm³/mol. The van der Waals surface area contributed by atoms with E-state index in [1.165, 1.54) is 29.9 Å². The third-order valence-corrected chi connectivity index (χ3v) is 6.17. The average molecular weight is 364 g/mol. The normalized spacial score (nSPS) is 17.6. The van der Waals surface area contributed by atoms with Crippen molar-refractivity contribution >= 4 is 26.0 Å². The fraction of sp³-hybridized carbons (Fsp3) is 0.571. The second-order valence-electron chi connectivity index (χ2n) is 5.36. The van der Waals surface area contributed by atoms with Crippen molar-refractivity contribution in [3.05, 3.63) is 28.5 Å². The van der Waals surface area contributed by atoms with E-state index in [0.717, 1.165) is 25.7 Å². The zero-order valence-corrected chi connectivity index (χ0v) is 13.9. The lowest BCUT2D eigenvalue weighted by Gasteiger charge is -2.26. The maximum Gasteiger partial charge on any atom is 0.245 e. The first-order chi connectivity index (χ1) is 9.41. The molecule has 6 heteroatoms. The number of benzene rings is 1. The molecule has 0 amide bonds. The van der Waals surface area contributed by atoms with E-state index in [2.05, 4.69) is 15.9 Å². The van der Waals surface area contributed by atoms with Crippen molar-refractivity contribution in [1.29, 1.82) is 0 Å². The van der Waals surface area contributed by atoms with Gasteiger partial charge in [-0.1, -0.05) is 35.2 Å². The van der Waals surface area contributed by atoms with E-state index >= 15 is 0 Å². The molecule has 0 heterocycles. The number of halogens is 2. The number of rotatable bonds is 4. The summed E-state index contributed by atoms with van der Waals surface area (Å²) < 4.78 is 40.5. The quantitative estimate of drug-likeness (QED) is 0.815. The van der Waals surface area contributed by atoms with Gasteiger partial charge in [-0.15, -0.1) is 0 Å². The zero-order valence-electron chi connectivity index (χ0n) is 11.5. The highest BCUT2D eigenvalue weighted by atomic mass is 79.9. The molecule has 3 nitrogen and oxygen atoms in total. The van der Waals surface area contributed by atoms with Crippen molar-refractivity contribution in [1.82, 2.24) is 4.31 Å². The Bertz CT molecular complexity index is 571. The van der Waals surface area contributed by atoms with Gasteiger partial charge >= 0.3 is 0 Å². The van der Waals surface area contributed by atoms with Gasteiger partial charge in [0.05, 0.1) is 0 Å². The smallest absolute Gasteiger partial charge is 0.207 e. The fourth-order valence-corrected chi connectivity index (χ4v) is 4.31. The Labute approximate surface area is 128 Å². The maximum absolute atomic E-state index is 13.8. The molecule has 0 atom stereocenters. The standard InChI is InChI=1S/C14H19BrFNO2S/c1-17(10-11-5-3-2-4-6-11)20(18,19)14-8-7-12(15)9-13(14)16/h7-9,11H,2-6,10H2,1H3. The summed E-state index contributed by atoms with van der Waals surface area (Å²) >= 11 is 3.13. The summed E-state index contributed by atoms with van der Waals surface area (Å²) in [7, 11) is -2.22. The lowest BCUT2D eigenvalue weighted by molar-refractivity contribution is 0.299. The third kappa shape index (κ3) is 3.59. The van der Waals surface area contributed by atoms with Crippen LogP contribution in [-0.4, -0.2) is 26.3 Å². The van der Waals surface area contributed by atoms with Crippen LogP contribution >= 0.6 is 15.9 Å². The molecule has 0 unspecified atom stereocenters. The van der Waals surface area contributed by atoms with Crippen LogP contribution in [0.15, 0.2) is 27.6 Å². The van der Waals surface area contributed by atoms with Crippen LogP contribution in [0, 0.1) is 11.7 Å². The molecule has 1 fully saturated rings. The largest absolute Gasteiger partial charge is 0.245 e. The summed E-state index contributed by atoms with van der Waals surface area (Å²) in [4.78, 5) is -0.251. The zero-order chi connectivity index (χ0) is 14.8. The van der Waals surface area contributed by atoms with Crippen LogP contribution < -0.4 is 0 Å². The number of hydrogen-bond donors (Lipinski definition) is 0. The van der Waals surface area contributed by atoms with Crippen molar-refractivity contribution in [2.45, 2.75) is 37.0 Å². The first kappa shape index (κ1) is 15.9. The summed E-state index contributed by atoms with van der Waals surface area (Å²) in [6, 6.07) is 4.04. The predicted octanol–water partition coefficient (Wildman–Crippen LogP) is 3.79. The molecule has 1 aliphatic carbocycles. The van der Waals surface area contributed by atoms with Crippen LogP contribution in [0.4, 0.5) is 4.39 Å². The SMILES string of the molecule is CN(CC1CCCCC1)S(=O)(=O)c1ccc(Br)cc1F. The van der Waals surface area contributed by atoms with Gasteiger partial charge in [0.15, 0.2) is 0 Å². The minimum atomic E-state index is -3.75. The van der Waals surface area contributed by atoms with Gasteiger partial charge in [-0.25, -0.2) is 17.1 Å². The molecule has 0 N–H and O–H groups in total.